The summed E-state index contributed by atoms with van der Waals surface area (Å²) in [4.78, 5) is 6.47. The third kappa shape index (κ3) is 1.68. The molecule has 0 spiro atoms. The molecule has 0 radical (unpaired) electrons. The maximum atomic E-state index is 4.28. The molecule has 1 heterocycles. The van der Waals surface area contributed by atoms with Crippen molar-refractivity contribution in [2.75, 3.05) is 0 Å². The van der Waals surface area contributed by atoms with Crippen LogP contribution in [0.15, 0.2) is 38.7 Å². The second-order valence-electron chi connectivity index (χ2n) is 2.38. The summed E-state index contributed by atoms with van der Waals surface area (Å²) in [7, 11) is 0. The van der Waals surface area contributed by atoms with Gasteiger partial charge in [-0.2, -0.15) is 0 Å². The Morgan fingerprint density at radius 1 is 1.17 bits per heavy atom. The van der Waals surface area contributed by atoms with Gasteiger partial charge in [0.2, 0.25) is 0 Å². The van der Waals surface area contributed by atoms with Crippen LogP contribution in [0.4, 0.5) is 0 Å². The zero-order valence-corrected chi connectivity index (χ0v) is 9.50. The quantitative estimate of drug-likeness (QED) is 0.735. The molecule has 1 aromatic carbocycles. The van der Waals surface area contributed by atoms with Crippen LogP contribution in [0.1, 0.15) is 0 Å². The maximum absolute atomic E-state index is 4.28. The molecule has 0 N–H and O–H groups in total. The number of halogens is 1. The van der Waals surface area contributed by atoms with Crippen molar-refractivity contribution in [3.8, 4) is 11.3 Å². The molecule has 0 amide bonds. The van der Waals surface area contributed by atoms with Crippen molar-refractivity contribution in [3.05, 3.63) is 38.7 Å². The average molecular weight is 287 g/mol. The van der Waals surface area contributed by atoms with Gasteiger partial charge in [0.05, 0.1) is 0 Å². The standard InChI is InChI=1S/C9H6BrNSe/c10-8-3-1-7(2-4-8)9-5-12-6-11-9/h1-6H. The molecule has 0 aliphatic carbocycles. The zero-order chi connectivity index (χ0) is 8.39. The van der Waals surface area contributed by atoms with Gasteiger partial charge in [0.15, 0.2) is 0 Å². The SMILES string of the molecule is Brc1ccc(-c2c[se]cn2)cc1. The summed E-state index contributed by atoms with van der Waals surface area (Å²) in [6, 6.07) is 8.23. The molecule has 0 bridgehead atoms. The Bertz CT molecular complexity index is 353. The summed E-state index contributed by atoms with van der Waals surface area (Å²) in [5, 5.41) is 1.99. The molecule has 0 saturated heterocycles. The van der Waals surface area contributed by atoms with Crippen LogP contribution in [0.25, 0.3) is 11.3 Å². The predicted octanol–water partition coefficient (Wildman–Crippen LogP) is 2.57. The summed E-state index contributed by atoms with van der Waals surface area (Å²) >= 11 is 3.87. The number of hydrogen-bond donors (Lipinski definition) is 0. The van der Waals surface area contributed by atoms with Gasteiger partial charge in [-0.3, -0.25) is 0 Å². The van der Waals surface area contributed by atoms with Crippen molar-refractivity contribution in [3.63, 3.8) is 0 Å². The first-order valence-corrected chi connectivity index (χ1v) is 6.27. The Labute approximate surface area is 85.3 Å². The van der Waals surface area contributed by atoms with Gasteiger partial charge in [-0.25, -0.2) is 0 Å². The molecule has 0 saturated carbocycles. The van der Waals surface area contributed by atoms with Gasteiger partial charge in [-0.15, -0.1) is 0 Å². The van der Waals surface area contributed by atoms with Gasteiger partial charge >= 0.3 is 85.4 Å². The van der Waals surface area contributed by atoms with Gasteiger partial charge in [-0.05, 0) is 0 Å². The minimum atomic E-state index is 0.475. The average Bonchev–Trinajstić information content (AvgIpc) is 2.58. The molecule has 0 atom stereocenters. The van der Waals surface area contributed by atoms with E-state index in [0.717, 1.165) is 10.2 Å². The second-order valence-corrected chi connectivity index (χ2v) is 4.80. The molecule has 2 aromatic rings. The number of aromatic nitrogens is 1. The molecule has 0 aliphatic heterocycles. The molecular weight excluding hydrogens is 281 g/mol. The van der Waals surface area contributed by atoms with E-state index in [9.17, 15) is 0 Å². The summed E-state index contributed by atoms with van der Waals surface area (Å²) in [6.07, 6.45) is 0. The third-order valence-corrected chi connectivity index (χ3v) is 3.33. The topological polar surface area (TPSA) is 12.9 Å². The fourth-order valence-electron chi connectivity index (χ4n) is 0.976. The van der Waals surface area contributed by atoms with E-state index in [4.69, 9.17) is 0 Å². The number of hydrogen-bond acceptors (Lipinski definition) is 1. The van der Waals surface area contributed by atoms with Crippen LogP contribution in [0.3, 0.4) is 0 Å². The molecule has 0 aliphatic rings. The summed E-state index contributed by atoms with van der Waals surface area (Å²) < 4.78 is 1.11. The zero-order valence-electron chi connectivity index (χ0n) is 6.20. The van der Waals surface area contributed by atoms with E-state index in [1.165, 1.54) is 5.56 Å². The molecule has 1 nitrogen and oxygen atoms in total. The normalized spacial score (nSPS) is 10.1. The monoisotopic (exact) mass is 287 g/mol. The van der Waals surface area contributed by atoms with Gasteiger partial charge < -0.3 is 0 Å². The second kappa shape index (κ2) is 3.56. The molecule has 12 heavy (non-hydrogen) atoms. The van der Waals surface area contributed by atoms with Crippen molar-refractivity contribution in [1.82, 2.24) is 4.98 Å². The van der Waals surface area contributed by atoms with E-state index in [1.54, 1.807) is 0 Å². The Morgan fingerprint density at radius 3 is 2.50 bits per heavy atom. The van der Waals surface area contributed by atoms with Crippen LogP contribution >= 0.6 is 15.9 Å². The molecule has 2 rings (SSSR count). The van der Waals surface area contributed by atoms with Gasteiger partial charge in [0.25, 0.3) is 0 Å². The van der Waals surface area contributed by atoms with Gasteiger partial charge in [0, 0.05) is 0 Å². The summed E-state index contributed by atoms with van der Waals surface area (Å²) in [5.41, 5.74) is 2.32. The van der Waals surface area contributed by atoms with Crippen molar-refractivity contribution in [1.29, 1.82) is 0 Å². The molecule has 60 valence electrons. The summed E-state index contributed by atoms with van der Waals surface area (Å²) in [5.74, 6) is 0. The molecule has 0 unspecified atom stereocenters. The van der Waals surface area contributed by atoms with Gasteiger partial charge in [0.1, 0.15) is 0 Å². The van der Waals surface area contributed by atoms with Crippen LogP contribution in [0.5, 0.6) is 0 Å². The molecule has 3 heteroatoms. The Kier molecular flexibility index (Phi) is 2.45. The number of rotatable bonds is 1. The summed E-state index contributed by atoms with van der Waals surface area (Å²) in [6.45, 7) is 0. The first kappa shape index (κ1) is 8.24. The third-order valence-electron chi connectivity index (χ3n) is 1.57. The fraction of sp³-hybridized carbons (Fsp3) is 0. The molecular formula is C9H6BrNSe. The van der Waals surface area contributed by atoms with E-state index in [2.05, 4.69) is 38.0 Å². The Morgan fingerprint density at radius 2 is 1.92 bits per heavy atom. The van der Waals surface area contributed by atoms with Crippen molar-refractivity contribution < 1.29 is 0 Å². The van der Waals surface area contributed by atoms with E-state index in [0.29, 0.717) is 14.5 Å². The number of nitrogens with zero attached hydrogens (tertiary/aromatic N) is 1. The van der Waals surface area contributed by atoms with Crippen molar-refractivity contribution in [2.45, 2.75) is 0 Å². The van der Waals surface area contributed by atoms with E-state index >= 15 is 0 Å². The number of benzene rings is 1. The molecule has 0 fully saturated rings. The van der Waals surface area contributed by atoms with Crippen LogP contribution < -0.4 is 0 Å². The van der Waals surface area contributed by atoms with Gasteiger partial charge in [-0.1, -0.05) is 0 Å². The van der Waals surface area contributed by atoms with Crippen LogP contribution in [0.2, 0.25) is 0 Å². The van der Waals surface area contributed by atoms with Crippen molar-refractivity contribution in [2.24, 2.45) is 0 Å². The first-order chi connectivity index (χ1) is 5.86. The fourth-order valence-corrected chi connectivity index (χ4v) is 2.42. The molecule has 1 aromatic heterocycles. The Hall–Kier alpha value is -0.371. The predicted molar refractivity (Wildman–Crippen MR) is 54.3 cm³/mol. The van der Waals surface area contributed by atoms with E-state index < -0.39 is 0 Å². The van der Waals surface area contributed by atoms with E-state index in [1.807, 2.05) is 17.2 Å². The van der Waals surface area contributed by atoms with Crippen LogP contribution in [0, 0.1) is 0 Å². The first-order valence-electron chi connectivity index (χ1n) is 3.50. The minimum absolute atomic E-state index is 0.475. The van der Waals surface area contributed by atoms with E-state index in [-0.39, 0.29) is 0 Å². The van der Waals surface area contributed by atoms with Crippen LogP contribution in [-0.2, 0) is 0 Å². The van der Waals surface area contributed by atoms with Crippen molar-refractivity contribution >= 4 is 30.4 Å². The van der Waals surface area contributed by atoms with Crippen LogP contribution in [-0.4, -0.2) is 19.5 Å². The Balaban J connectivity index is 2.43.